The monoisotopic (exact) mass is 422 g/mol. The second kappa shape index (κ2) is 9.79. The highest BCUT2D eigenvalue weighted by Gasteiger charge is 2.42. The SMILES string of the molecule is C=Cc1ccc(NC(=O)[C@@H]2C[C@@H](OC(C)(C)C)CN2C(=O)OCc2ccccc2)cc1. The van der Waals surface area contributed by atoms with Gasteiger partial charge >= 0.3 is 6.09 Å². The molecule has 6 nitrogen and oxygen atoms in total. The van der Waals surface area contributed by atoms with Crippen molar-refractivity contribution in [3.63, 3.8) is 0 Å². The van der Waals surface area contributed by atoms with E-state index in [2.05, 4.69) is 11.9 Å². The highest BCUT2D eigenvalue weighted by molar-refractivity contribution is 5.97. The largest absolute Gasteiger partial charge is 0.445 e. The molecule has 1 saturated heterocycles. The number of rotatable bonds is 6. The summed E-state index contributed by atoms with van der Waals surface area (Å²) in [5.74, 6) is -0.261. The molecule has 2 aromatic rings. The molecule has 0 aromatic heterocycles. The Morgan fingerprint density at radius 1 is 1.13 bits per heavy atom. The normalized spacial score (nSPS) is 18.5. The van der Waals surface area contributed by atoms with Gasteiger partial charge in [-0.1, -0.05) is 55.1 Å². The maximum absolute atomic E-state index is 13.0. The molecule has 6 heteroatoms. The van der Waals surface area contributed by atoms with E-state index < -0.39 is 12.1 Å². The lowest BCUT2D eigenvalue weighted by molar-refractivity contribution is -0.120. The first-order valence-corrected chi connectivity index (χ1v) is 10.4. The maximum atomic E-state index is 13.0. The Morgan fingerprint density at radius 2 is 1.81 bits per heavy atom. The Balaban J connectivity index is 1.70. The Morgan fingerprint density at radius 3 is 2.42 bits per heavy atom. The topological polar surface area (TPSA) is 67.9 Å². The minimum Gasteiger partial charge on any atom is -0.445 e. The third-order valence-electron chi connectivity index (χ3n) is 4.94. The standard InChI is InChI=1S/C25H30N2O4/c1-5-18-11-13-20(14-12-18)26-23(28)22-15-21(31-25(2,3)4)16-27(22)24(29)30-17-19-9-7-6-8-10-19/h5-14,21-22H,1,15-17H2,2-4H3,(H,26,28)/t21-,22+/m1/s1. The lowest BCUT2D eigenvalue weighted by Crippen LogP contribution is -2.43. The fourth-order valence-electron chi connectivity index (χ4n) is 3.56. The molecule has 0 unspecified atom stereocenters. The highest BCUT2D eigenvalue weighted by atomic mass is 16.6. The number of ether oxygens (including phenoxy) is 2. The zero-order valence-corrected chi connectivity index (χ0v) is 18.3. The van der Waals surface area contributed by atoms with Crippen LogP contribution in [0.5, 0.6) is 0 Å². The summed E-state index contributed by atoms with van der Waals surface area (Å²) < 4.78 is 11.6. The molecule has 0 aliphatic carbocycles. The van der Waals surface area contributed by atoms with Crippen molar-refractivity contribution in [2.24, 2.45) is 0 Å². The molecule has 0 saturated carbocycles. The van der Waals surface area contributed by atoms with E-state index in [0.29, 0.717) is 18.7 Å². The smallest absolute Gasteiger partial charge is 0.410 e. The highest BCUT2D eigenvalue weighted by Crippen LogP contribution is 2.26. The summed E-state index contributed by atoms with van der Waals surface area (Å²) >= 11 is 0. The third-order valence-corrected chi connectivity index (χ3v) is 4.94. The van der Waals surface area contributed by atoms with Crippen molar-refractivity contribution >= 4 is 23.8 Å². The minimum atomic E-state index is -0.672. The van der Waals surface area contributed by atoms with Gasteiger partial charge in [-0.15, -0.1) is 0 Å². The molecule has 31 heavy (non-hydrogen) atoms. The predicted octanol–water partition coefficient (Wildman–Crippen LogP) is 4.86. The number of carbonyl (C=O) groups excluding carboxylic acids is 2. The van der Waals surface area contributed by atoms with Gasteiger partial charge in [0.15, 0.2) is 0 Å². The van der Waals surface area contributed by atoms with E-state index in [0.717, 1.165) is 11.1 Å². The summed E-state index contributed by atoms with van der Waals surface area (Å²) in [4.78, 5) is 27.3. The van der Waals surface area contributed by atoms with Gasteiger partial charge in [0.2, 0.25) is 5.91 Å². The van der Waals surface area contributed by atoms with Gasteiger partial charge in [-0.05, 0) is 44.0 Å². The quantitative estimate of drug-likeness (QED) is 0.722. The maximum Gasteiger partial charge on any atom is 0.410 e. The van der Waals surface area contributed by atoms with Crippen molar-refractivity contribution < 1.29 is 19.1 Å². The molecule has 1 N–H and O–H groups in total. The molecule has 0 bridgehead atoms. The fraction of sp³-hybridized carbons (Fsp3) is 0.360. The molecule has 0 spiro atoms. The predicted molar refractivity (Wildman–Crippen MR) is 122 cm³/mol. The summed E-state index contributed by atoms with van der Waals surface area (Å²) in [6.07, 6.45) is 1.38. The summed E-state index contributed by atoms with van der Waals surface area (Å²) in [6.45, 7) is 10.1. The van der Waals surface area contributed by atoms with Crippen molar-refractivity contribution in [3.8, 4) is 0 Å². The van der Waals surface area contributed by atoms with Crippen LogP contribution in [0.25, 0.3) is 6.08 Å². The first-order chi connectivity index (χ1) is 14.7. The van der Waals surface area contributed by atoms with Crippen molar-refractivity contribution in [2.75, 3.05) is 11.9 Å². The van der Waals surface area contributed by atoms with Crippen LogP contribution >= 0.6 is 0 Å². The van der Waals surface area contributed by atoms with Gasteiger partial charge in [0.25, 0.3) is 0 Å². The Kier molecular flexibility index (Phi) is 7.13. The fourth-order valence-corrected chi connectivity index (χ4v) is 3.56. The Hall–Kier alpha value is -3.12. The van der Waals surface area contributed by atoms with E-state index in [4.69, 9.17) is 9.47 Å². The first kappa shape index (κ1) is 22.6. The van der Waals surface area contributed by atoms with Crippen LogP contribution in [-0.4, -0.2) is 41.2 Å². The van der Waals surface area contributed by atoms with E-state index in [9.17, 15) is 9.59 Å². The molecule has 1 aliphatic rings. The van der Waals surface area contributed by atoms with Crippen LogP contribution in [0.4, 0.5) is 10.5 Å². The van der Waals surface area contributed by atoms with Gasteiger partial charge < -0.3 is 14.8 Å². The lowest BCUT2D eigenvalue weighted by Gasteiger charge is -2.25. The molecule has 3 rings (SSSR count). The molecule has 0 radical (unpaired) electrons. The second-order valence-corrected chi connectivity index (χ2v) is 8.61. The van der Waals surface area contributed by atoms with Crippen molar-refractivity contribution in [1.82, 2.24) is 4.90 Å². The number of benzene rings is 2. The number of amides is 2. The molecular weight excluding hydrogens is 392 g/mol. The van der Waals surface area contributed by atoms with Crippen molar-refractivity contribution in [2.45, 2.75) is 51.5 Å². The zero-order chi connectivity index (χ0) is 22.4. The summed E-state index contributed by atoms with van der Waals surface area (Å²) in [5.41, 5.74) is 2.13. The van der Waals surface area contributed by atoms with Crippen LogP contribution in [0.1, 0.15) is 38.3 Å². The first-order valence-electron chi connectivity index (χ1n) is 10.4. The van der Waals surface area contributed by atoms with Crippen molar-refractivity contribution in [1.29, 1.82) is 0 Å². The van der Waals surface area contributed by atoms with E-state index in [1.807, 2.05) is 75.4 Å². The van der Waals surface area contributed by atoms with Gasteiger partial charge in [-0.3, -0.25) is 9.69 Å². The van der Waals surface area contributed by atoms with Gasteiger partial charge in [-0.2, -0.15) is 0 Å². The average Bonchev–Trinajstić information content (AvgIpc) is 3.15. The molecule has 164 valence electrons. The number of nitrogens with zero attached hydrogens (tertiary/aromatic N) is 1. The summed E-state index contributed by atoms with van der Waals surface area (Å²) in [7, 11) is 0. The number of hydrogen-bond acceptors (Lipinski definition) is 4. The number of carbonyl (C=O) groups is 2. The number of hydrogen-bond donors (Lipinski definition) is 1. The molecule has 1 aliphatic heterocycles. The molecule has 2 atom stereocenters. The number of likely N-dealkylation sites (tertiary alicyclic amines) is 1. The van der Waals surface area contributed by atoms with E-state index >= 15 is 0 Å². The molecule has 2 amide bonds. The van der Waals surface area contributed by atoms with Crippen LogP contribution in [0, 0.1) is 0 Å². The van der Waals surface area contributed by atoms with Crippen LogP contribution < -0.4 is 5.32 Å². The lowest BCUT2D eigenvalue weighted by atomic mass is 10.1. The van der Waals surface area contributed by atoms with Crippen molar-refractivity contribution in [3.05, 3.63) is 72.3 Å². The van der Waals surface area contributed by atoms with Gasteiger partial charge in [0, 0.05) is 12.1 Å². The Bertz CT molecular complexity index is 903. The summed E-state index contributed by atoms with van der Waals surface area (Å²) in [5, 5.41) is 2.90. The number of anilines is 1. The van der Waals surface area contributed by atoms with E-state index in [-0.39, 0.29) is 24.2 Å². The molecule has 1 fully saturated rings. The molecular formula is C25H30N2O4. The molecule has 1 heterocycles. The van der Waals surface area contributed by atoms with E-state index in [1.165, 1.54) is 4.90 Å². The zero-order valence-electron chi connectivity index (χ0n) is 18.3. The van der Waals surface area contributed by atoms with Gasteiger partial charge in [0.05, 0.1) is 18.2 Å². The van der Waals surface area contributed by atoms with Crippen LogP contribution in [0.15, 0.2) is 61.2 Å². The number of nitrogens with one attached hydrogen (secondary N) is 1. The van der Waals surface area contributed by atoms with Gasteiger partial charge in [0.1, 0.15) is 12.6 Å². The van der Waals surface area contributed by atoms with Gasteiger partial charge in [-0.25, -0.2) is 4.79 Å². The van der Waals surface area contributed by atoms with E-state index in [1.54, 1.807) is 6.08 Å². The Labute approximate surface area is 183 Å². The third kappa shape index (κ3) is 6.43. The van der Waals surface area contributed by atoms with Crippen LogP contribution in [0.2, 0.25) is 0 Å². The minimum absolute atomic E-state index is 0.151. The van der Waals surface area contributed by atoms with Crippen LogP contribution in [-0.2, 0) is 20.9 Å². The average molecular weight is 423 g/mol. The summed E-state index contributed by atoms with van der Waals surface area (Å²) in [6, 6.07) is 16.1. The van der Waals surface area contributed by atoms with Crippen LogP contribution in [0.3, 0.4) is 0 Å². The second-order valence-electron chi connectivity index (χ2n) is 8.61. The molecule has 2 aromatic carbocycles.